The first-order chi connectivity index (χ1) is 5.79. The molecular formula is C8H11N3O. The second kappa shape index (κ2) is 2.71. The Hall–Kier alpha value is -1.16. The highest BCUT2D eigenvalue weighted by atomic mass is 16.1. The summed E-state index contributed by atoms with van der Waals surface area (Å²) in [5, 5.41) is 3.12. The van der Waals surface area contributed by atoms with Crippen LogP contribution in [-0.4, -0.2) is 22.6 Å². The molecule has 1 aromatic heterocycles. The van der Waals surface area contributed by atoms with Gasteiger partial charge in [0.15, 0.2) is 0 Å². The molecule has 1 aliphatic heterocycles. The molecule has 0 aromatic carbocycles. The lowest BCUT2D eigenvalue weighted by molar-refractivity contribution is 0.332. The fourth-order valence-electron chi connectivity index (χ4n) is 1.26. The SMILES string of the molecule is Cc1cncn(C2CNC2)c1=O. The fourth-order valence-corrected chi connectivity index (χ4v) is 1.26. The summed E-state index contributed by atoms with van der Waals surface area (Å²) >= 11 is 0. The van der Waals surface area contributed by atoms with Crippen LogP contribution in [0.3, 0.4) is 0 Å². The van der Waals surface area contributed by atoms with Crippen molar-refractivity contribution < 1.29 is 0 Å². The van der Waals surface area contributed by atoms with Gasteiger partial charge < -0.3 is 5.32 Å². The quantitative estimate of drug-likeness (QED) is 0.621. The number of nitrogens with one attached hydrogen (secondary N) is 1. The summed E-state index contributed by atoms with van der Waals surface area (Å²) in [6.45, 7) is 3.55. The van der Waals surface area contributed by atoms with Crippen LogP contribution in [-0.2, 0) is 0 Å². The van der Waals surface area contributed by atoms with Crippen LogP contribution in [0.15, 0.2) is 17.3 Å². The van der Waals surface area contributed by atoms with Crippen LogP contribution in [0.5, 0.6) is 0 Å². The Morgan fingerprint density at radius 3 is 3.00 bits per heavy atom. The van der Waals surface area contributed by atoms with E-state index in [2.05, 4.69) is 10.3 Å². The Morgan fingerprint density at radius 2 is 2.42 bits per heavy atom. The summed E-state index contributed by atoms with van der Waals surface area (Å²) in [7, 11) is 0. The average molecular weight is 165 g/mol. The Morgan fingerprint density at radius 1 is 1.67 bits per heavy atom. The molecule has 12 heavy (non-hydrogen) atoms. The number of hydrogen-bond acceptors (Lipinski definition) is 3. The van der Waals surface area contributed by atoms with Crippen LogP contribution in [0, 0.1) is 6.92 Å². The van der Waals surface area contributed by atoms with Crippen molar-refractivity contribution in [1.29, 1.82) is 0 Å². The van der Waals surface area contributed by atoms with Crippen LogP contribution >= 0.6 is 0 Å². The van der Waals surface area contributed by atoms with Crippen molar-refractivity contribution in [2.24, 2.45) is 0 Å². The lowest BCUT2D eigenvalue weighted by Gasteiger charge is -2.28. The Kier molecular flexibility index (Phi) is 1.69. The first kappa shape index (κ1) is 7.49. The molecular weight excluding hydrogens is 154 g/mol. The molecule has 0 amide bonds. The number of aromatic nitrogens is 2. The summed E-state index contributed by atoms with van der Waals surface area (Å²) in [6, 6.07) is 0.310. The smallest absolute Gasteiger partial charge is 0.256 e. The average Bonchev–Trinajstić information content (AvgIpc) is 1.95. The van der Waals surface area contributed by atoms with Gasteiger partial charge in [0.1, 0.15) is 0 Å². The molecule has 0 aliphatic carbocycles. The van der Waals surface area contributed by atoms with Gasteiger partial charge in [-0.1, -0.05) is 0 Å². The van der Waals surface area contributed by atoms with Crippen molar-refractivity contribution in [3.05, 3.63) is 28.4 Å². The lowest BCUT2D eigenvalue weighted by Crippen LogP contribution is -2.47. The lowest BCUT2D eigenvalue weighted by atomic mass is 10.2. The minimum atomic E-state index is 0.0801. The zero-order valence-corrected chi connectivity index (χ0v) is 6.95. The van der Waals surface area contributed by atoms with E-state index in [1.165, 1.54) is 0 Å². The predicted octanol–water partition coefficient (Wildman–Crippen LogP) is -0.304. The molecule has 0 spiro atoms. The van der Waals surface area contributed by atoms with Crippen molar-refractivity contribution >= 4 is 0 Å². The molecule has 0 bridgehead atoms. The molecule has 64 valence electrons. The van der Waals surface area contributed by atoms with E-state index in [1.54, 1.807) is 24.0 Å². The van der Waals surface area contributed by atoms with Crippen molar-refractivity contribution in [3.8, 4) is 0 Å². The van der Waals surface area contributed by atoms with E-state index in [-0.39, 0.29) is 5.56 Å². The number of rotatable bonds is 1. The second-order valence-electron chi connectivity index (χ2n) is 3.10. The number of nitrogens with zero attached hydrogens (tertiary/aromatic N) is 2. The van der Waals surface area contributed by atoms with Gasteiger partial charge >= 0.3 is 0 Å². The monoisotopic (exact) mass is 165 g/mol. The van der Waals surface area contributed by atoms with Gasteiger partial charge in [0.05, 0.1) is 12.4 Å². The summed E-state index contributed by atoms with van der Waals surface area (Å²) in [4.78, 5) is 15.5. The zero-order valence-electron chi connectivity index (χ0n) is 6.95. The standard InChI is InChI=1S/C8H11N3O/c1-6-2-10-5-11(8(6)12)7-3-9-4-7/h2,5,7,9H,3-4H2,1H3. The fraction of sp³-hybridized carbons (Fsp3) is 0.500. The third-order valence-corrected chi connectivity index (χ3v) is 2.18. The van der Waals surface area contributed by atoms with E-state index in [0.29, 0.717) is 11.6 Å². The molecule has 1 fully saturated rings. The summed E-state index contributed by atoms with van der Waals surface area (Å²) in [5.41, 5.74) is 0.793. The molecule has 1 aromatic rings. The van der Waals surface area contributed by atoms with E-state index in [9.17, 15) is 4.79 Å². The summed E-state index contributed by atoms with van der Waals surface area (Å²) in [6.07, 6.45) is 3.21. The van der Waals surface area contributed by atoms with Gasteiger partial charge in [-0.25, -0.2) is 4.98 Å². The van der Waals surface area contributed by atoms with Crippen molar-refractivity contribution in [3.63, 3.8) is 0 Å². The molecule has 2 heterocycles. The van der Waals surface area contributed by atoms with Crippen molar-refractivity contribution in [1.82, 2.24) is 14.9 Å². The molecule has 2 rings (SSSR count). The Balaban J connectivity index is 2.43. The van der Waals surface area contributed by atoms with Crippen LogP contribution in [0.2, 0.25) is 0 Å². The van der Waals surface area contributed by atoms with Gasteiger partial charge in [-0.2, -0.15) is 0 Å². The van der Waals surface area contributed by atoms with Crippen LogP contribution in [0.25, 0.3) is 0 Å². The van der Waals surface area contributed by atoms with Crippen LogP contribution in [0.1, 0.15) is 11.6 Å². The molecule has 4 nitrogen and oxygen atoms in total. The maximum Gasteiger partial charge on any atom is 0.256 e. The van der Waals surface area contributed by atoms with Gasteiger partial charge in [0.25, 0.3) is 5.56 Å². The minimum Gasteiger partial charge on any atom is -0.313 e. The normalized spacial score (nSPS) is 17.4. The van der Waals surface area contributed by atoms with E-state index in [4.69, 9.17) is 0 Å². The molecule has 1 aliphatic rings. The number of hydrogen-bond donors (Lipinski definition) is 1. The molecule has 0 unspecified atom stereocenters. The first-order valence-corrected chi connectivity index (χ1v) is 4.02. The van der Waals surface area contributed by atoms with E-state index in [1.807, 2.05) is 0 Å². The third-order valence-electron chi connectivity index (χ3n) is 2.18. The van der Waals surface area contributed by atoms with Crippen LogP contribution in [0.4, 0.5) is 0 Å². The van der Waals surface area contributed by atoms with Crippen LogP contribution < -0.4 is 10.9 Å². The maximum atomic E-state index is 11.5. The molecule has 4 heteroatoms. The zero-order chi connectivity index (χ0) is 8.55. The Bertz CT molecular complexity index is 340. The molecule has 0 radical (unpaired) electrons. The van der Waals surface area contributed by atoms with Gasteiger partial charge in [-0.3, -0.25) is 9.36 Å². The third kappa shape index (κ3) is 1.04. The predicted molar refractivity (Wildman–Crippen MR) is 45.1 cm³/mol. The number of aryl methyl sites for hydroxylation is 1. The van der Waals surface area contributed by atoms with Crippen molar-refractivity contribution in [2.45, 2.75) is 13.0 Å². The largest absolute Gasteiger partial charge is 0.313 e. The molecule has 0 atom stereocenters. The summed E-state index contributed by atoms with van der Waals surface area (Å²) in [5.74, 6) is 0. The highest BCUT2D eigenvalue weighted by Gasteiger charge is 2.19. The van der Waals surface area contributed by atoms with Gasteiger partial charge in [-0.15, -0.1) is 0 Å². The molecule has 1 N–H and O–H groups in total. The first-order valence-electron chi connectivity index (χ1n) is 4.02. The maximum absolute atomic E-state index is 11.5. The molecule has 0 saturated carbocycles. The minimum absolute atomic E-state index is 0.0801. The summed E-state index contributed by atoms with van der Waals surface area (Å²) < 4.78 is 1.70. The highest BCUT2D eigenvalue weighted by molar-refractivity contribution is 5.02. The van der Waals surface area contributed by atoms with E-state index < -0.39 is 0 Å². The Labute approximate surface area is 70.2 Å². The van der Waals surface area contributed by atoms with E-state index in [0.717, 1.165) is 13.1 Å². The van der Waals surface area contributed by atoms with Crippen molar-refractivity contribution in [2.75, 3.05) is 13.1 Å². The highest BCUT2D eigenvalue weighted by Crippen LogP contribution is 2.06. The van der Waals surface area contributed by atoms with Gasteiger partial charge in [-0.05, 0) is 6.92 Å². The molecule has 1 saturated heterocycles. The van der Waals surface area contributed by atoms with E-state index >= 15 is 0 Å². The van der Waals surface area contributed by atoms with Gasteiger partial charge in [0, 0.05) is 24.8 Å². The van der Waals surface area contributed by atoms with Gasteiger partial charge in [0.2, 0.25) is 0 Å². The second-order valence-corrected chi connectivity index (χ2v) is 3.10. The topological polar surface area (TPSA) is 46.9 Å².